The van der Waals surface area contributed by atoms with Gasteiger partial charge in [-0.15, -0.1) is 0 Å². The van der Waals surface area contributed by atoms with Crippen LogP contribution in [0.15, 0.2) is 28.3 Å². The van der Waals surface area contributed by atoms with Crippen molar-refractivity contribution in [3.05, 3.63) is 18.3 Å². The van der Waals surface area contributed by atoms with Crippen molar-refractivity contribution >= 4 is 27.7 Å². The second-order valence-corrected chi connectivity index (χ2v) is 11.2. The Balaban J connectivity index is 2.04. The number of sulfonamides is 1. The first-order valence-electron chi connectivity index (χ1n) is 9.96. The maximum absolute atomic E-state index is 12.8. The fourth-order valence-electron chi connectivity index (χ4n) is 2.91. The number of thioether (sulfide) groups is 1. The number of nitrogens with one attached hydrogen (secondary N) is 1. The van der Waals surface area contributed by atoms with Crippen molar-refractivity contribution in [2.75, 3.05) is 13.1 Å². The number of nitrogens with zero attached hydrogens (tertiary/aromatic N) is 3. The third-order valence-corrected chi connectivity index (χ3v) is 8.28. The molecule has 1 fully saturated rings. The molecule has 2 heterocycles. The number of nitriles is 1. The highest BCUT2D eigenvalue weighted by Gasteiger charge is 2.32. The van der Waals surface area contributed by atoms with Gasteiger partial charge in [-0.25, -0.2) is 13.4 Å². The zero-order valence-corrected chi connectivity index (χ0v) is 19.1. The summed E-state index contributed by atoms with van der Waals surface area (Å²) in [6.07, 6.45) is 5.24. The minimum Gasteiger partial charge on any atom is -0.337 e. The number of hydrogen-bond donors (Lipinski definition) is 1. The van der Waals surface area contributed by atoms with Crippen LogP contribution in [0.2, 0.25) is 0 Å². The zero-order valence-electron chi connectivity index (χ0n) is 17.5. The molecule has 1 aromatic heterocycles. The Morgan fingerprint density at radius 1 is 1.24 bits per heavy atom. The van der Waals surface area contributed by atoms with Crippen molar-refractivity contribution in [2.45, 2.75) is 74.1 Å². The Hall–Kier alpha value is -1.63. The van der Waals surface area contributed by atoms with Crippen molar-refractivity contribution in [3.63, 3.8) is 0 Å². The van der Waals surface area contributed by atoms with Crippen molar-refractivity contribution in [1.29, 1.82) is 5.26 Å². The Morgan fingerprint density at radius 2 is 1.86 bits per heavy atom. The molecule has 1 saturated heterocycles. The number of carbonyl (C=O) groups excluding carboxylic acids is 1. The monoisotopic (exact) mass is 438 g/mol. The Morgan fingerprint density at radius 3 is 2.34 bits per heavy atom. The van der Waals surface area contributed by atoms with Gasteiger partial charge in [-0.2, -0.15) is 9.57 Å². The molecule has 7 nitrogen and oxygen atoms in total. The van der Waals surface area contributed by atoms with Crippen LogP contribution >= 0.6 is 11.8 Å². The molecule has 1 N–H and O–H groups in total. The third-order valence-electron chi connectivity index (χ3n) is 5.35. The summed E-state index contributed by atoms with van der Waals surface area (Å²) in [5, 5.41) is 12.2. The lowest BCUT2D eigenvalue weighted by Gasteiger charge is -2.28. The van der Waals surface area contributed by atoms with Crippen LogP contribution in [0.1, 0.15) is 53.4 Å². The molecule has 1 amide bonds. The maximum atomic E-state index is 12.8. The second-order valence-electron chi connectivity index (χ2n) is 7.87. The van der Waals surface area contributed by atoms with Crippen LogP contribution in [0.3, 0.4) is 0 Å². The Bertz CT molecular complexity index is 841. The normalized spacial score (nSPS) is 19.0. The average Bonchev–Trinajstić information content (AvgIpc) is 2.98. The average molecular weight is 439 g/mol. The van der Waals surface area contributed by atoms with Gasteiger partial charge < -0.3 is 5.32 Å². The van der Waals surface area contributed by atoms with E-state index in [-0.39, 0.29) is 16.7 Å². The van der Waals surface area contributed by atoms with E-state index in [9.17, 15) is 18.5 Å². The van der Waals surface area contributed by atoms with Crippen LogP contribution in [0, 0.1) is 17.2 Å². The minimum atomic E-state index is -3.54. The first-order valence-corrected chi connectivity index (χ1v) is 12.3. The van der Waals surface area contributed by atoms with E-state index in [4.69, 9.17) is 0 Å². The van der Waals surface area contributed by atoms with E-state index in [0.717, 1.165) is 25.7 Å². The van der Waals surface area contributed by atoms with Gasteiger partial charge in [0.15, 0.2) is 0 Å². The first-order chi connectivity index (χ1) is 13.6. The van der Waals surface area contributed by atoms with E-state index in [1.165, 1.54) is 22.3 Å². The molecule has 2 atom stereocenters. The smallest absolute Gasteiger partial charge is 0.244 e. The lowest BCUT2D eigenvalue weighted by molar-refractivity contribution is -0.121. The third kappa shape index (κ3) is 5.93. The molecule has 0 spiro atoms. The summed E-state index contributed by atoms with van der Waals surface area (Å²) < 4.78 is 27.2. The van der Waals surface area contributed by atoms with E-state index in [1.54, 1.807) is 26.0 Å². The topological polar surface area (TPSA) is 103 Å². The summed E-state index contributed by atoms with van der Waals surface area (Å²) in [6, 6.07) is 5.34. The van der Waals surface area contributed by atoms with Crippen molar-refractivity contribution in [3.8, 4) is 6.07 Å². The van der Waals surface area contributed by atoms with E-state index in [0.29, 0.717) is 18.1 Å². The summed E-state index contributed by atoms with van der Waals surface area (Å²) in [5.41, 5.74) is -0.940. The molecular formula is C20H30N4O3S2. The molecule has 0 unspecified atom stereocenters. The SMILES string of the molecule is CC(C)[C@](C)(C#N)NC(=O)[C@@H](C)Sc1ccc(S(=O)(=O)N2CCCCCC2)cn1. The number of rotatable bonds is 7. The van der Waals surface area contributed by atoms with Gasteiger partial charge in [-0.1, -0.05) is 38.5 Å². The summed E-state index contributed by atoms with van der Waals surface area (Å²) in [7, 11) is -3.54. The van der Waals surface area contributed by atoms with Gasteiger partial charge in [0.2, 0.25) is 15.9 Å². The zero-order chi connectivity index (χ0) is 21.7. The molecule has 160 valence electrons. The van der Waals surface area contributed by atoms with Crippen LogP contribution in [0.5, 0.6) is 0 Å². The molecule has 1 aliphatic rings. The molecule has 1 aliphatic heterocycles. The maximum Gasteiger partial charge on any atom is 0.244 e. The van der Waals surface area contributed by atoms with Crippen LogP contribution in [-0.2, 0) is 14.8 Å². The largest absolute Gasteiger partial charge is 0.337 e. The molecule has 0 aromatic carbocycles. The summed E-state index contributed by atoms with van der Waals surface area (Å²) in [4.78, 5) is 16.9. The molecule has 0 aliphatic carbocycles. The molecule has 0 bridgehead atoms. The summed E-state index contributed by atoms with van der Waals surface area (Å²) in [5.74, 6) is -0.286. The van der Waals surface area contributed by atoms with Gasteiger partial charge in [-0.3, -0.25) is 4.79 Å². The van der Waals surface area contributed by atoms with E-state index >= 15 is 0 Å². The highest BCUT2D eigenvalue weighted by molar-refractivity contribution is 8.00. The number of carbonyl (C=O) groups is 1. The molecule has 0 radical (unpaired) electrons. The van der Waals surface area contributed by atoms with E-state index in [1.807, 2.05) is 13.8 Å². The molecule has 29 heavy (non-hydrogen) atoms. The highest BCUT2D eigenvalue weighted by atomic mass is 32.2. The number of amides is 1. The minimum absolute atomic E-state index is 0.0322. The molecule has 1 aromatic rings. The predicted octanol–water partition coefficient (Wildman–Crippen LogP) is 3.18. The molecule has 0 saturated carbocycles. The van der Waals surface area contributed by atoms with E-state index in [2.05, 4.69) is 16.4 Å². The molecule has 9 heteroatoms. The summed E-state index contributed by atoms with van der Waals surface area (Å²) in [6.45, 7) is 8.29. The van der Waals surface area contributed by atoms with E-state index < -0.39 is 20.8 Å². The summed E-state index contributed by atoms with van der Waals surface area (Å²) >= 11 is 1.23. The van der Waals surface area contributed by atoms with Gasteiger partial charge in [0, 0.05) is 19.3 Å². The van der Waals surface area contributed by atoms with Crippen LogP contribution in [-0.4, -0.2) is 47.5 Å². The standard InChI is InChI=1S/C20H30N4O3S2/c1-15(2)20(4,14-21)23-19(25)16(3)28-18-10-9-17(13-22-18)29(26,27)24-11-7-5-6-8-12-24/h9-10,13,15-16H,5-8,11-12H2,1-4H3,(H,23,25)/t16-,20+/m1/s1. The first kappa shape index (κ1) is 23.6. The van der Waals surface area contributed by atoms with Gasteiger partial charge in [0.1, 0.15) is 10.4 Å². The van der Waals surface area contributed by atoms with Crippen molar-refractivity contribution < 1.29 is 13.2 Å². The Labute approximate surface area is 178 Å². The van der Waals surface area contributed by atoms with Crippen LogP contribution in [0.25, 0.3) is 0 Å². The number of pyridine rings is 1. The Kier molecular flexibility index (Phi) is 8.09. The lowest BCUT2D eigenvalue weighted by Crippen LogP contribution is -2.51. The number of hydrogen-bond acceptors (Lipinski definition) is 6. The van der Waals surface area contributed by atoms with Gasteiger partial charge in [-0.05, 0) is 44.7 Å². The van der Waals surface area contributed by atoms with Crippen molar-refractivity contribution in [2.24, 2.45) is 5.92 Å². The lowest BCUT2D eigenvalue weighted by atomic mass is 9.90. The fraction of sp³-hybridized carbons (Fsp3) is 0.650. The predicted molar refractivity (Wildman–Crippen MR) is 114 cm³/mol. The van der Waals surface area contributed by atoms with Gasteiger partial charge >= 0.3 is 0 Å². The van der Waals surface area contributed by atoms with Crippen LogP contribution in [0.4, 0.5) is 0 Å². The quantitative estimate of drug-likeness (QED) is 0.656. The second kappa shape index (κ2) is 9.92. The van der Waals surface area contributed by atoms with Gasteiger partial charge in [0.25, 0.3) is 0 Å². The molecular weight excluding hydrogens is 408 g/mol. The van der Waals surface area contributed by atoms with Crippen LogP contribution < -0.4 is 5.32 Å². The fourth-order valence-corrected chi connectivity index (χ4v) is 5.17. The molecule has 2 rings (SSSR count). The highest BCUT2D eigenvalue weighted by Crippen LogP contribution is 2.25. The van der Waals surface area contributed by atoms with Crippen molar-refractivity contribution in [1.82, 2.24) is 14.6 Å². The van der Waals surface area contributed by atoms with Gasteiger partial charge in [0.05, 0.1) is 16.3 Å². The number of aromatic nitrogens is 1.